The number of hydrogen-bond donors (Lipinski definition) is 2. The molecule has 0 unspecified atom stereocenters. The van der Waals surface area contributed by atoms with E-state index in [2.05, 4.69) is 5.43 Å². The van der Waals surface area contributed by atoms with Crippen molar-refractivity contribution in [1.82, 2.24) is 10.4 Å². The molecular weight excluding hydrogens is 334 g/mol. The predicted octanol–water partition coefficient (Wildman–Crippen LogP) is 2.83. The van der Waals surface area contributed by atoms with Crippen LogP contribution in [0, 0.1) is 0 Å². The first-order chi connectivity index (χ1) is 12.1. The fourth-order valence-electron chi connectivity index (χ4n) is 1.94. The van der Waals surface area contributed by atoms with E-state index in [-0.39, 0.29) is 16.7 Å². The molecule has 0 aliphatic carbocycles. The zero-order valence-corrected chi connectivity index (χ0v) is 14.1. The van der Waals surface area contributed by atoms with Gasteiger partial charge in [0.15, 0.2) is 16.7 Å². The molecule has 3 N–H and O–H groups in total. The van der Waals surface area contributed by atoms with Crippen LogP contribution in [-0.2, 0) is 0 Å². The Balaban J connectivity index is 2.09. The third-order valence-corrected chi connectivity index (χ3v) is 3.22. The molecule has 0 amide bonds. The highest BCUT2D eigenvalue weighted by atomic mass is 32.1. The van der Waals surface area contributed by atoms with E-state index in [0.717, 1.165) is 0 Å². The van der Waals surface area contributed by atoms with Gasteiger partial charge in [-0.25, -0.2) is 0 Å². The van der Waals surface area contributed by atoms with Gasteiger partial charge in [0.25, 0.3) is 0 Å². The molecule has 0 saturated heterocycles. The first-order valence-corrected chi connectivity index (χ1v) is 7.86. The maximum Gasteiger partial charge on any atom is 0.187 e. The van der Waals surface area contributed by atoms with E-state index < -0.39 is 0 Å². The largest absolute Gasteiger partial charge is 0.375 e. The van der Waals surface area contributed by atoms with E-state index in [1.54, 1.807) is 48.5 Å². The first-order valence-electron chi connectivity index (χ1n) is 7.46. The fourth-order valence-corrected chi connectivity index (χ4v) is 2.05. The quantitative estimate of drug-likeness (QED) is 0.346. The van der Waals surface area contributed by atoms with E-state index in [1.165, 1.54) is 29.6 Å². The normalized spacial score (nSPS) is 10.7. The highest BCUT2D eigenvalue weighted by Crippen LogP contribution is 2.03. The second-order valence-corrected chi connectivity index (χ2v) is 5.42. The number of allylic oxidation sites excluding steroid dienone is 2. The van der Waals surface area contributed by atoms with Crippen LogP contribution < -0.4 is 11.2 Å². The second kappa shape index (κ2) is 9.14. The summed E-state index contributed by atoms with van der Waals surface area (Å²) in [6, 6.07) is 17.7. The summed E-state index contributed by atoms with van der Waals surface area (Å²) in [5.41, 5.74) is 9.24. The van der Waals surface area contributed by atoms with Gasteiger partial charge in [0.05, 0.1) is 0 Å². The van der Waals surface area contributed by atoms with Crippen LogP contribution in [0.15, 0.2) is 85.2 Å². The highest BCUT2D eigenvalue weighted by molar-refractivity contribution is 7.80. The minimum Gasteiger partial charge on any atom is -0.375 e. The Hall–Kier alpha value is -3.25. The lowest BCUT2D eigenvalue weighted by Gasteiger charge is -2.16. The summed E-state index contributed by atoms with van der Waals surface area (Å²) in [5, 5.41) is 1.36. The molecule has 0 aromatic heterocycles. The Kier molecular flexibility index (Phi) is 6.62. The standard InChI is InChI=1S/C19H17N3O2S/c20-19(25)21-22(13-11-17(23)15-7-3-1-4-8-15)14-12-18(24)16-9-5-2-6-10-16/h1-14H,(H3,20,21,25). The number of hydrazine groups is 1. The molecule has 0 fully saturated rings. The summed E-state index contributed by atoms with van der Waals surface area (Å²) >= 11 is 4.81. The molecule has 2 aromatic carbocycles. The van der Waals surface area contributed by atoms with Crippen molar-refractivity contribution >= 4 is 28.9 Å². The van der Waals surface area contributed by atoms with Crippen molar-refractivity contribution in [3.05, 3.63) is 96.3 Å². The van der Waals surface area contributed by atoms with Gasteiger partial charge >= 0.3 is 0 Å². The van der Waals surface area contributed by atoms with E-state index in [4.69, 9.17) is 18.0 Å². The van der Waals surface area contributed by atoms with Gasteiger partial charge in [-0.3, -0.25) is 20.0 Å². The number of nitrogens with one attached hydrogen (secondary N) is 1. The Morgan fingerprint density at radius 2 is 1.24 bits per heavy atom. The molecule has 0 aliphatic heterocycles. The molecule has 0 heterocycles. The van der Waals surface area contributed by atoms with Crippen LogP contribution in [0.5, 0.6) is 0 Å². The zero-order chi connectivity index (χ0) is 18.1. The third kappa shape index (κ3) is 6.04. The van der Waals surface area contributed by atoms with Gasteiger partial charge in [-0.2, -0.15) is 0 Å². The Labute approximate surface area is 151 Å². The van der Waals surface area contributed by atoms with Crippen molar-refractivity contribution < 1.29 is 9.59 Å². The van der Waals surface area contributed by atoms with Crippen LogP contribution in [-0.4, -0.2) is 21.7 Å². The van der Waals surface area contributed by atoms with Crippen LogP contribution in [0.1, 0.15) is 20.7 Å². The molecule has 0 aliphatic rings. The van der Waals surface area contributed by atoms with Crippen molar-refractivity contribution in [3.63, 3.8) is 0 Å². The van der Waals surface area contributed by atoms with Crippen molar-refractivity contribution in [3.8, 4) is 0 Å². The lowest BCUT2D eigenvalue weighted by atomic mass is 10.1. The molecule has 0 atom stereocenters. The Bertz CT molecular complexity index is 740. The number of nitrogens with zero attached hydrogens (tertiary/aromatic N) is 1. The maximum atomic E-state index is 12.1. The number of carbonyl (C=O) groups is 2. The lowest BCUT2D eigenvalue weighted by Crippen LogP contribution is -2.38. The van der Waals surface area contributed by atoms with Crippen LogP contribution in [0.3, 0.4) is 0 Å². The van der Waals surface area contributed by atoms with Gasteiger partial charge in [0.2, 0.25) is 0 Å². The van der Waals surface area contributed by atoms with Gasteiger partial charge in [0, 0.05) is 35.7 Å². The van der Waals surface area contributed by atoms with Crippen LogP contribution >= 0.6 is 12.2 Å². The lowest BCUT2D eigenvalue weighted by molar-refractivity contribution is 0.103. The molecule has 6 heteroatoms. The minimum absolute atomic E-state index is 0.00798. The van der Waals surface area contributed by atoms with E-state index in [0.29, 0.717) is 11.1 Å². The summed E-state index contributed by atoms with van der Waals surface area (Å²) < 4.78 is 0. The average molecular weight is 351 g/mol. The van der Waals surface area contributed by atoms with E-state index >= 15 is 0 Å². The molecule has 25 heavy (non-hydrogen) atoms. The predicted molar refractivity (Wildman–Crippen MR) is 102 cm³/mol. The van der Waals surface area contributed by atoms with E-state index in [1.807, 2.05) is 12.1 Å². The second-order valence-electron chi connectivity index (χ2n) is 4.98. The first kappa shape index (κ1) is 18.1. The topological polar surface area (TPSA) is 75.4 Å². The van der Waals surface area contributed by atoms with Gasteiger partial charge in [0.1, 0.15) is 0 Å². The Morgan fingerprint density at radius 1 is 0.840 bits per heavy atom. The third-order valence-electron chi connectivity index (χ3n) is 3.13. The Morgan fingerprint density at radius 3 is 1.60 bits per heavy atom. The van der Waals surface area contributed by atoms with Crippen molar-refractivity contribution in [1.29, 1.82) is 0 Å². The molecule has 0 bridgehead atoms. The molecule has 0 spiro atoms. The molecule has 0 radical (unpaired) electrons. The summed E-state index contributed by atoms with van der Waals surface area (Å²) in [5.74, 6) is -0.365. The minimum atomic E-state index is -0.182. The number of ketones is 2. The summed E-state index contributed by atoms with van der Waals surface area (Å²) in [6.45, 7) is 0. The van der Waals surface area contributed by atoms with Crippen LogP contribution in [0.2, 0.25) is 0 Å². The highest BCUT2D eigenvalue weighted by Gasteiger charge is 2.03. The van der Waals surface area contributed by atoms with Crippen molar-refractivity contribution in [2.24, 2.45) is 5.73 Å². The molecule has 0 saturated carbocycles. The summed E-state index contributed by atoms with van der Waals surface area (Å²) in [4.78, 5) is 24.2. The van der Waals surface area contributed by atoms with Crippen LogP contribution in [0.25, 0.3) is 0 Å². The molecular formula is C19H17N3O2S. The van der Waals surface area contributed by atoms with Crippen molar-refractivity contribution in [2.75, 3.05) is 0 Å². The molecule has 126 valence electrons. The SMILES string of the molecule is NC(=S)NN(C=CC(=O)c1ccccc1)C=CC(=O)c1ccccc1. The van der Waals surface area contributed by atoms with E-state index in [9.17, 15) is 9.59 Å². The smallest absolute Gasteiger partial charge is 0.187 e. The van der Waals surface area contributed by atoms with Crippen molar-refractivity contribution in [2.45, 2.75) is 0 Å². The van der Waals surface area contributed by atoms with Gasteiger partial charge in [-0.1, -0.05) is 60.7 Å². The number of nitrogens with two attached hydrogens (primary N) is 1. The fraction of sp³-hybridized carbons (Fsp3) is 0. The monoisotopic (exact) mass is 351 g/mol. The number of benzene rings is 2. The van der Waals surface area contributed by atoms with Gasteiger partial charge in [-0.15, -0.1) is 0 Å². The van der Waals surface area contributed by atoms with Crippen LogP contribution in [0.4, 0.5) is 0 Å². The molecule has 5 nitrogen and oxygen atoms in total. The zero-order valence-electron chi connectivity index (χ0n) is 13.3. The summed E-state index contributed by atoms with van der Waals surface area (Å²) in [6.07, 6.45) is 5.61. The average Bonchev–Trinajstić information content (AvgIpc) is 2.64. The van der Waals surface area contributed by atoms with Gasteiger partial charge in [-0.05, 0) is 12.2 Å². The van der Waals surface area contributed by atoms with Gasteiger partial charge < -0.3 is 5.73 Å². The number of thiocarbonyl (C=S) groups is 1. The maximum absolute atomic E-state index is 12.1. The number of hydrogen-bond acceptors (Lipinski definition) is 4. The molecule has 2 rings (SSSR count). The number of rotatable bonds is 7. The molecule has 2 aromatic rings. The summed E-state index contributed by atoms with van der Waals surface area (Å²) in [7, 11) is 0. The number of carbonyl (C=O) groups excluding carboxylic acids is 2.